The number of amides is 3. The maximum Gasteiger partial charge on any atom is 0.245 e. The Hall–Kier alpha value is -2.83. The van der Waals surface area contributed by atoms with Crippen LogP contribution in [0.4, 0.5) is 5.69 Å². The summed E-state index contributed by atoms with van der Waals surface area (Å²) in [5.41, 5.74) is 1.72. The first-order valence-electron chi connectivity index (χ1n) is 10.1. The van der Waals surface area contributed by atoms with Crippen LogP contribution in [0.1, 0.15) is 45.1 Å². The molecule has 1 aromatic rings. The van der Waals surface area contributed by atoms with E-state index in [2.05, 4.69) is 10.6 Å². The van der Waals surface area contributed by atoms with Crippen molar-refractivity contribution < 1.29 is 19.1 Å². The van der Waals surface area contributed by atoms with Crippen LogP contribution in [0.25, 0.3) is 0 Å². The van der Waals surface area contributed by atoms with Gasteiger partial charge in [-0.25, -0.2) is 0 Å². The van der Waals surface area contributed by atoms with E-state index in [0.717, 1.165) is 17.6 Å². The van der Waals surface area contributed by atoms with Crippen LogP contribution in [0.15, 0.2) is 29.8 Å². The number of carbonyl (C=O) groups is 3. The lowest BCUT2D eigenvalue weighted by atomic mass is 9.73. The normalized spacial score (nSPS) is 27.8. The summed E-state index contributed by atoms with van der Waals surface area (Å²) in [5, 5.41) is 5.86. The van der Waals surface area contributed by atoms with E-state index >= 15 is 0 Å². The van der Waals surface area contributed by atoms with Gasteiger partial charge in [-0.3, -0.25) is 14.4 Å². The van der Waals surface area contributed by atoms with E-state index in [0.29, 0.717) is 30.8 Å². The number of anilines is 1. The highest BCUT2D eigenvalue weighted by Crippen LogP contribution is 2.46. The zero-order valence-electron chi connectivity index (χ0n) is 17.1. The molecule has 0 spiro atoms. The summed E-state index contributed by atoms with van der Waals surface area (Å²) in [6.07, 6.45) is 4.25. The van der Waals surface area contributed by atoms with Crippen molar-refractivity contribution in [2.45, 2.75) is 57.0 Å². The number of hydrogen-bond acceptors (Lipinski definition) is 4. The van der Waals surface area contributed by atoms with Crippen LogP contribution in [0.3, 0.4) is 0 Å². The Balaban J connectivity index is 1.72. The van der Waals surface area contributed by atoms with Crippen molar-refractivity contribution in [2.75, 3.05) is 19.0 Å². The van der Waals surface area contributed by atoms with Gasteiger partial charge in [0.25, 0.3) is 0 Å². The van der Waals surface area contributed by atoms with E-state index in [9.17, 15) is 14.4 Å². The number of ether oxygens (including phenoxy) is 1. The Labute approximate surface area is 170 Å². The molecular weight excluding hydrogens is 370 g/mol. The van der Waals surface area contributed by atoms with Gasteiger partial charge < -0.3 is 20.3 Å². The molecule has 0 radical (unpaired) electrons. The van der Waals surface area contributed by atoms with Gasteiger partial charge in [-0.1, -0.05) is 17.7 Å². The summed E-state index contributed by atoms with van der Waals surface area (Å²) in [4.78, 5) is 40.6. The van der Waals surface area contributed by atoms with Gasteiger partial charge >= 0.3 is 0 Å². The molecule has 29 heavy (non-hydrogen) atoms. The lowest BCUT2D eigenvalue weighted by Gasteiger charge is -2.38. The van der Waals surface area contributed by atoms with Crippen molar-refractivity contribution in [3.05, 3.63) is 35.4 Å². The molecule has 2 N–H and O–H groups in total. The Morgan fingerprint density at radius 1 is 1.31 bits per heavy atom. The number of methoxy groups -OCH3 is 1. The van der Waals surface area contributed by atoms with E-state index in [4.69, 9.17) is 4.74 Å². The van der Waals surface area contributed by atoms with E-state index in [1.807, 2.05) is 32.1 Å². The molecule has 3 aliphatic rings. The Morgan fingerprint density at radius 3 is 2.83 bits per heavy atom. The fraction of sp³-hybridized carbons (Fsp3) is 0.500. The number of nitrogens with one attached hydrogen (secondary N) is 2. The highest BCUT2D eigenvalue weighted by molar-refractivity contribution is 6.07. The second kappa shape index (κ2) is 7.21. The van der Waals surface area contributed by atoms with E-state index < -0.39 is 11.5 Å². The van der Waals surface area contributed by atoms with Gasteiger partial charge in [-0.05, 0) is 51.2 Å². The lowest BCUT2D eigenvalue weighted by Crippen LogP contribution is -2.62. The third kappa shape index (κ3) is 3.18. The summed E-state index contributed by atoms with van der Waals surface area (Å²) in [5.74, 6) is 0.309. The van der Waals surface area contributed by atoms with Crippen LogP contribution in [-0.4, -0.2) is 48.4 Å². The van der Waals surface area contributed by atoms with Gasteiger partial charge in [0.1, 0.15) is 17.8 Å². The summed E-state index contributed by atoms with van der Waals surface area (Å²) < 4.78 is 5.29. The summed E-state index contributed by atoms with van der Waals surface area (Å²) in [6, 6.07) is 4.45. The quantitative estimate of drug-likeness (QED) is 0.745. The molecular formula is C22H27N3O4. The average Bonchev–Trinajstić information content (AvgIpc) is 3.28. The minimum absolute atomic E-state index is 0.0848. The van der Waals surface area contributed by atoms with E-state index in [1.165, 1.54) is 0 Å². The largest absolute Gasteiger partial charge is 0.497 e. The standard InChI is InChI=1S/C22H27N3O4/c1-13(2)8-9-22(15-7-6-14(29-3)11-16(15)24-21(22)28)12-17-20(27)25-10-4-5-18(25)19(26)23-17/h6-8,11,17-18H,4-5,9-10,12H2,1-3H3,(H,23,26)(H,24,28)/t17-,18-,22?/m0/s1. The lowest BCUT2D eigenvalue weighted by molar-refractivity contribution is -0.148. The fourth-order valence-corrected chi connectivity index (χ4v) is 4.72. The summed E-state index contributed by atoms with van der Waals surface area (Å²) in [7, 11) is 1.58. The molecule has 7 nitrogen and oxygen atoms in total. The Kier molecular flexibility index (Phi) is 4.84. The van der Waals surface area contributed by atoms with E-state index in [-0.39, 0.29) is 30.2 Å². The van der Waals surface area contributed by atoms with Gasteiger partial charge in [0.2, 0.25) is 17.7 Å². The van der Waals surface area contributed by atoms with Crippen LogP contribution in [0.2, 0.25) is 0 Å². The molecule has 3 heterocycles. The first-order valence-corrected chi connectivity index (χ1v) is 10.1. The van der Waals surface area contributed by atoms with Gasteiger partial charge in [-0.2, -0.15) is 0 Å². The molecule has 3 atom stereocenters. The number of piperazine rings is 1. The predicted octanol–water partition coefficient (Wildman–Crippen LogP) is 2.12. The van der Waals surface area contributed by atoms with Crippen molar-refractivity contribution >= 4 is 23.4 Å². The van der Waals surface area contributed by atoms with Crippen molar-refractivity contribution in [3.63, 3.8) is 0 Å². The number of allylic oxidation sites excluding steroid dienone is 2. The highest BCUT2D eigenvalue weighted by atomic mass is 16.5. The number of benzene rings is 1. The van der Waals surface area contributed by atoms with Crippen molar-refractivity contribution in [1.82, 2.24) is 10.2 Å². The van der Waals surface area contributed by atoms with Crippen molar-refractivity contribution in [1.29, 1.82) is 0 Å². The SMILES string of the molecule is COc1ccc2c(c1)NC(=O)C2(CC=C(C)C)C[C@@H]1NC(=O)[C@@H]2CCCN2C1=O. The average molecular weight is 397 g/mol. The molecule has 2 saturated heterocycles. The maximum atomic E-state index is 13.2. The minimum atomic E-state index is -0.918. The summed E-state index contributed by atoms with van der Waals surface area (Å²) in [6.45, 7) is 4.57. The Bertz CT molecular complexity index is 905. The molecule has 154 valence electrons. The smallest absolute Gasteiger partial charge is 0.245 e. The van der Waals surface area contributed by atoms with Gasteiger partial charge in [-0.15, -0.1) is 0 Å². The molecule has 0 aromatic heterocycles. The minimum Gasteiger partial charge on any atom is -0.497 e. The fourth-order valence-electron chi connectivity index (χ4n) is 4.72. The molecule has 1 unspecified atom stereocenters. The third-order valence-corrected chi connectivity index (χ3v) is 6.29. The van der Waals surface area contributed by atoms with Crippen molar-refractivity contribution in [3.8, 4) is 5.75 Å². The number of nitrogens with zero attached hydrogens (tertiary/aromatic N) is 1. The maximum absolute atomic E-state index is 13.2. The predicted molar refractivity (Wildman–Crippen MR) is 109 cm³/mol. The molecule has 3 amide bonds. The van der Waals surface area contributed by atoms with Crippen LogP contribution >= 0.6 is 0 Å². The molecule has 3 aliphatic heterocycles. The highest BCUT2D eigenvalue weighted by Gasteiger charge is 2.51. The molecule has 0 aliphatic carbocycles. The van der Waals surface area contributed by atoms with Gasteiger partial charge in [0.05, 0.1) is 12.5 Å². The third-order valence-electron chi connectivity index (χ3n) is 6.29. The molecule has 0 bridgehead atoms. The van der Waals surface area contributed by atoms with Crippen LogP contribution < -0.4 is 15.4 Å². The molecule has 7 heteroatoms. The second-order valence-corrected chi connectivity index (χ2v) is 8.39. The molecule has 0 saturated carbocycles. The Morgan fingerprint density at radius 2 is 2.10 bits per heavy atom. The zero-order valence-corrected chi connectivity index (χ0v) is 17.1. The van der Waals surface area contributed by atoms with E-state index in [1.54, 1.807) is 18.1 Å². The first kappa shape index (κ1) is 19.5. The molecule has 2 fully saturated rings. The zero-order chi connectivity index (χ0) is 20.8. The van der Waals surface area contributed by atoms with Gasteiger partial charge in [0.15, 0.2) is 0 Å². The van der Waals surface area contributed by atoms with Crippen LogP contribution in [0, 0.1) is 0 Å². The number of fused-ring (bicyclic) bond motifs is 2. The summed E-state index contributed by atoms with van der Waals surface area (Å²) >= 11 is 0. The topological polar surface area (TPSA) is 87.7 Å². The van der Waals surface area contributed by atoms with Crippen LogP contribution in [0.5, 0.6) is 5.75 Å². The van der Waals surface area contributed by atoms with Crippen molar-refractivity contribution in [2.24, 2.45) is 0 Å². The van der Waals surface area contributed by atoms with Gasteiger partial charge in [0, 0.05) is 18.3 Å². The monoisotopic (exact) mass is 397 g/mol. The number of carbonyl (C=O) groups excluding carboxylic acids is 3. The molecule has 4 rings (SSSR count). The first-order chi connectivity index (χ1) is 13.9. The number of hydrogen-bond donors (Lipinski definition) is 2. The number of rotatable bonds is 5. The second-order valence-electron chi connectivity index (χ2n) is 8.39. The van der Waals surface area contributed by atoms with Crippen LogP contribution in [-0.2, 0) is 19.8 Å². The molecule has 1 aromatic carbocycles.